The van der Waals surface area contributed by atoms with Crippen molar-refractivity contribution in [2.45, 2.75) is 13.8 Å². The maximum atomic E-state index is 3.90. The molecule has 2 rings (SSSR count). The molecule has 60 valence electrons. The van der Waals surface area contributed by atoms with Crippen molar-refractivity contribution < 1.29 is 0 Å². The smallest absolute Gasteiger partial charge is 0.186 e. The highest BCUT2D eigenvalue weighted by Gasteiger charge is 2.25. The number of aromatic amines is 1. The first kappa shape index (κ1) is 7.07. The number of anilines is 1. The molecule has 0 fully saturated rings. The van der Waals surface area contributed by atoms with Crippen LogP contribution in [0.1, 0.15) is 13.8 Å². The Morgan fingerprint density at radius 1 is 1.50 bits per heavy atom. The Morgan fingerprint density at radius 2 is 2.33 bits per heavy atom. The number of aromatic nitrogens is 2. The summed E-state index contributed by atoms with van der Waals surface area (Å²) in [5.41, 5.74) is 2.26. The highest BCUT2D eigenvalue weighted by molar-refractivity contribution is 5.54. The third-order valence-electron chi connectivity index (χ3n) is 1.91. The van der Waals surface area contributed by atoms with Crippen molar-refractivity contribution in [1.29, 1.82) is 0 Å². The summed E-state index contributed by atoms with van der Waals surface area (Å²) in [4.78, 5) is 2.08. The first-order valence-corrected chi connectivity index (χ1v) is 3.85. The van der Waals surface area contributed by atoms with Gasteiger partial charge in [0.15, 0.2) is 23.3 Å². The van der Waals surface area contributed by atoms with E-state index in [0.29, 0.717) is 0 Å². The third-order valence-corrected chi connectivity index (χ3v) is 1.91. The van der Waals surface area contributed by atoms with Crippen LogP contribution in [0.2, 0.25) is 0 Å². The summed E-state index contributed by atoms with van der Waals surface area (Å²) in [6.45, 7) is 4.07. The van der Waals surface area contributed by atoms with Crippen molar-refractivity contribution >= 4 is 5.82 Å². The average Bonchev–Trinajstić information content (AvgIpc) is 2.61. The van der Waals surface area contributed by atoms with E-state index in [1.807, 2.05) is 26.0 Å². The molecule has 3 heteroatoms. The Labute approximate surface area is 71.4 Å². The summed E-state index contributed by atoms with van der Waals surface area (Å²) in [5, 5.41) is 6.81. The van der Waals surface area contributed by atoms with Crippen molar-refractivity contribution in [3.8, 4) is 0 Å². The summed E-state index contributed by atoms with van der Waals surface area (Å²) in [6.07, 6.45) is 6.85. The van der Waals surface area contributed by atoms with E-state index < -0.39 is 0 Å². The molecule has 1 N–H and O–H groups in total. The minimum absolute atomic E-state index is 0.992. The van der Waals surface area contributed by atoms with Gasteiger partial charge < -0.3 is 0 Å². The second kappa shape index (κ2) is 2.47. The molecule has 0 radical (unpaired) electrons. The van der Waals surface area contributed by atoms with Gasteiger partial charge in [-0.1, -0.05) is 0 Å². The summed E-state index contributed by atoms with van der Waals surface area (Å²) >= 11 is 0. The van der Waals surface area contributed by atoms with Crippen LogP contribution in [0.4, 0.5) is 5.82 Å². The number of hydrogen-bond donors (Lipinski definition) is 1. The van der Waals surface area contributed by atoms with E-state index in [1.165, 1.54) is 0 Å². The lowest BCUT2D eigenvalue weighted by atomic mass is 10.4. The summed E-state index contributed by atoms with van der Waals surface area (Å²) in [7, 11) is 0. The van der Waals surface area contributed by atoms with Gasteiger partial charge in [0.25, 0.3) is 0 Å². The zero-order chi connectivity index (χ0) is 8.55. The van der Waals surface area contributed by atoms with Crippen LogP contribution in [-0.4, -0.2) is 10.2 Å². The van der Waals surface area contributed by atoms with Crippen molar-refractivity contribution in [3.63, 3.8) is 0 Å². The molecule has 0 unspecified atom stereocenters. The van der Waals surface area contributed by atoms with Crippen LogP contribution in [0.5, 0.6) is 0 Å². The van der Waals surface area contributed by atoms with E-state index in [9.17, 15) is 0 Å². The Morgan fingerprint density at radius 3 is 2.83 bits per heavy atom. The van der Waals surface area contributed by atoms with Crippen molar-refractivity contribution in [2.75, 3.05) is 4.90 Å². The summed E-state index contributed by atoms with van der Waals surface area (Å²) in [5.74, 6) is 0.992. The van der Waals surface area contributed by atoms with Gasteiger partial charge in [-0.3, -0.25) is 5.10 Å². The number of hydrogen-bond acceptors (Lipinski definition) is 2. The molecule has 1 aromatic heterocycles. The normalized spacial score (nSPS) is 15.7. The molecule has 0 aromatic carbocycles. The van der Waals surface area contributed by atoms with Gasteiger partial charge in [-0.2, -0.15) is 10.00 Å². The van der Waals surface area contributed by atoms with Crippen LogP contribution in [0.25, 0.3) is 0 Å². The van der Waals surface area contributed by atoms with Gasteiger partial charge in [-0.05, 0) is 0 Å². The molecular formula is C9H10N3+. The van der Waals surface area contributed by atoms with Crippen LogP contribution in [0.3, 0.4) is 0 Å². The zero-order valence-electron chi connectivity index (χ0n) is 7.13. The van der Waals surface area contributed by atoms with Crippen molar-refractivity contribution in [1.82, 2.24) is 10.2 Å². The molecule has 3 nitrogen and oxygen atoms in total. The Balaban J connectivity index is 2.36. The second-order valence-electron chi connectivity index (χ2n) is 2.79. The van der Waals surface area contributed by atoms with Crippen LogP contribution < -0.4 is 4.90 Å². The molecule has 1 aliphatic heterocycles. The lowest BCUT2D eigenvalue weighted by Crippen LogP contribution is -2.15. The number of H-pyrrole nitrogens is 1. The van der Waals surface area contributed by atoms with Gasteiger partial charge in [0.05, 0.1) is 6.20 Å². The van der Waals surface area contributed by atoms with Crippen LogP contribution in [0, 0.1) is 6.08 Å². The number of nitrogens with one attached hydrogen (secondary N) is 1. The highest BCUT2D eigenvalue weighted by atomic mass is 15.3. The number of nitrogens with zero attached hydrogens (tertiary/aromatic N) is 2. The van der Waals surface area contributed by atoms with Crippen molar-refractivity contribution in [2.24, 2.45) is 0 Å². The molecule has 0 spiro atoms. The molecule has 1 aromatic rings. The third kappa shape index (κ3) is 0.917. The van der Waals surface area contributed by atoms with E-state index in [1.54, 1.807) is 6.20 Å². The van der Waals surface area contributed by atoms with Crippen LogP contribution >= 0.6 is 0 Å². The predicted molar refractivity (Wildman–Crippen MR) is 47.3 cm³/mol. The van der Waals surface area contributed by atoms with Gasteiger partial charge in [0.2, 0.25) is 0 Å². The highest BCUT2D eigenvalue weighted by Crippen LogP contribution is 2.24. The minimum Gasteiger partial charge on any atom is -0.261 e. The SMILES string of the molecule is CC1=[C+]C=C(C)N1c1ccn[nH]1. The Hall–Kier alpha value is -1.60. The minimum atomic E-state index is 0.992. The molecule has 0 atom stereocenters. The van der Waals surface area contributed by atoms with Gasteiger partial charge in [0, 0.05) is 19.9 Å². The molecule has 0 saturated heterocycles. The van der Waals surface area contributed by atoms with Crippen molar-refractivity contribution in [3.05, 3.63) is 35.8 Å². The average molecular weight is 160 g/mol. The van der Waals surface area contributed by atoms with E-state index >= 15 is 0 Å². The van der Waals surface area contributed by atoms with E-state index in [2.05, 4.69) is 21.2 Å². The fraction of sp³-hybridized carbons (Fsp3) is 0.222. The molecular weight excluding hydrogens is 150 g/mol. The second-order valence-corrected chi connectivity index (χ2v) is 2.79. The molecule has 0 bridgehead atoms. The predicted octanol–water partition coefficient (Wildman–Crippen LogP) is 1.84. The maximum Gasteiger partial charge on any atom is 0.186 e. The van der Waals surface area contributed by atoms with Crippen LogP contribution in [0.15, 0.2) is 29.7 Å². The topological polar surface area (TPSA) is 31.9 Å². The fourth-order valence-electron chi connectivity index (χ4n) is 1.35. The first-order chi connectivity index (χ1) is 5.79. The van der Waals surface area contributed by atoms with Gasteiger partial charge in [-0.15, -0.1) is 0 Å². The zero-order valence-corrected chi connectivity index (χ0v) is 7.13. The first-order valence-electron chi connectivity index (χ1n) is 3.85. The Bertz CT molecular complexity index is 315. The quantitative estimate of drug-likeness (QED) is 0.636. The van der Waals surface area contributed by atoms with Crippen LogP contribution in [-0.2, 0) is 0 Å². The number of rotatable bonds is 1. The molecule has 2 heterocycles. The Kier molecular flexibility index (Phi) is 1.45. The summed E-state index contributed by atoms with van der Waals surface area (Å²) in [6, 6.07) is 1.94. The van der Waals surface area contributed by atoms with Gasteiger partial charge in [-0.25, -0.2) is 0 Å². The summed E-state index contributed by atoms with van der Waals surface area (Å²) < 4.78 is 0. The maximum absolute atomic E-state index is 3.90. The monoisotopic (exact) mass is 160 g/mol. The van der Waals surface area contributed by atoms with E-state index in [-0.39, 0.29) is 0 Å². The molecule has 0 saturated carbocycles. The van der Waals surface area contributed by atoms with Gasteiger partial charge >= 0.3 is 0 Å². The molecule has 1 aliphatic rings. The van der Waals surface area contributed by atoms with Gasteiger partial charge in [0.1, 0.15) is 6.08 Å². The van der Waals surface area contributed by atoms with E-state index in [4.69, 9.17) is 0 Å². The number of allylic oxidation sites excluding steroid dienone is 4. The van der Waals surface area contributed by atoms with E-state index in [0.717, 1.165) is 17.2 Å². The lowest BCUT2D eigenvalue weighted by Gasteiger charge is -2.09. The lowest BCUT2D eigenvalue weighted by molar-refractivity contribution is 1.00. The molecule has 0 amide bonds. The fourth-order valence-corrected chi connectivity index (χ4v) is 1.35. The largest absolute Gasteiger partial charge is 0.261 e. The molecule has 12 heavy (non-hydrogen) atoms. The molecule has 0 aliphatic carbocycles. The standard InChI is InChI=1S/C9H10N3/c1-7-3-4-8(2)12(7)9-5-6-10-11-9/h3,5-6H,1-2H3,(H,10,11)/q+1.